The van der Waals surface area contributed by atoms with E-state index in [-0.39, 0.29) is 5.66 Å². The Morgan fingerprint density at radius 1 is 0.551 bits per heavy atom. The average Bonchev–Trinajstić information content (AvgIpc) is 3.51. The number of allylic oxidation sites excluding steroid dienone is 5. The molecule has 1 atom stereocenters. The third-order valence-corrected chi connectivity index (χ3v) is 14.4. The summed E-state index contributed by atoms with van der Waals surface area (Å²) in [6, 6.07) is 43.0. The maximum atomic E-state index is 2.64. The van der Waals surface area contributed by atoms with Gasteiger partial charge in [0.2, 0.25) is 0 Å². The first-order valence-corrected chi connectivity index (χ1v) is 19.4. The molecule has 1 saturated heterocycles. The van der Waals surface area contributed by atoms with E-state index in [0.717, 1.165) is 13.1 Å². The second kappa shape index (κ2) is 13.6. The van der Waals surface area contributed by atoms with Crippen LogP contribution in [0, 0.1) is 41.5 Å². The fraction of sp³-hybridized carbons (Fsp3) is 0.196. The molecule has 0 spiro atoms. The van der Waals surface area contributed by atoms with E-state index < -0.39 is 6.89 Å². The van der Waals surface area contributed by atoms with E-state index in [1.165, 1.54) is 72.3 Å². The molecule has 7 rings (SSSR count). The van der Waals surface area contributed by atoms with E-state index in [2.05, 4.69) is 197 Å². The van der Waals surface area contributed by atoms with E-state index in [1.807, 2.05) is 0 Å². The first-order valence-electron chi connectivity index (χ1n) is 17.5. The quantitative estimate of drug-likeness (QED) is 0.168. The van der Waals surface area contributed by atoms with Crippen LogP contribution in [0.25, 0.3) is 0 Å². The summed E-state index contributed by atoms with van der Waals surface area (Å²) in [6.45, 7) is 13.1. The summed E-state index contributed by atoms with van der Waals surface area (Å²) in [4.78, 5) is 5.28. The molecule has 2 nitrogen and oxygen atoms in total. The zero-order valence-corrected chi connectivity index (χ0v) is 30.6. The van der Waals surface area contributed by atoms with E-state index in [9.17, 15) is 0 Å². The Balaban J connectivity index is 1.60. The van der Waals surface area contributed by atoms with E-state index in [0.29, 0.717) is 0 Å². The number of rotatable bonds is 6. The Morgan fingerprint density at radius 3 is 1.43 bits per heavy atom. The largest absolute Gasteiger partial charge is 0.325 e. The predicted octanol–water partition coefficient (Wildman–Crippen LogP) is 10.1. The van der Waals surface area contributed by atoms with Gasteiger partial charge in [-0.1, -0.05) is 151 Å². The number of nitrogens with zero attached hydrogens (tertiary/aromatic N) is 2. The highest BCUT2D eigenvalue weighted by molar-refractivity contribution is 7.89. The second-order valence-corrected chi connectivity index (χ2v) is 17.2. The Labute approximate surface area is 293 Å². The molecule has 5 aromatic carbocycles. The molecule has 49 heavy (non-hydrogen) atoms. The van der Waals surface area contributed by atoms with Gasteiger partial charge >= 0.3 is 0 Å². The Hall–Kier alpha value is -4.78. The minimum atomic E-state index is -2.28. The van der Waals surface area contributed by atoms with Crippen LogP contribution in [0.4, 0.5) is 11.4 Å². The van der Waals surface area contributed by atoms with Crippen LogP contribution in [-0.2, 0) is 0 Å². The minimum absolute atomic E-state index is 0.109. The van der Waals surface area contributed by atoms with Gasteiger partial charge in [0.1, 0.15) is 5.82 Å². The third-order valence-electron chi connectivity index (χ3n) is 10.1. The molecule has 0 saturated carbocycles. The normalized spacial score (nSPS) is 16.1. The van der Waals surface area contributed by atoms with Gasteiger partial charge in [0.25, 0.3) is 0 Å². The van der Waals surface area contributed by atoms with Gasteiger partial charge in [0.15, 0.2) is 0 Å². The Bertz CT molecular complexity index is 1980. The van der Waals surface area contributed by atoms with Crippen molar-refractivity contribution in [3.63, 3.8) is 0 Å². The summed E-state index contributed by atoms with van der Waals surface area (Å²) in [5.74, 6) is 3.93. The maximum Gasteiger partial charge on any atom is 0.117 e. The van der Waals surface area contributed by atoms with Crippen molar-refractivity contribution in [2.75, 3.05) is 22.9 Å². The van der Waals surface area contributed by atoms with Crippen LogP contribution in [0.3, 0.4) is 0 Å². The van der Waals surface area contributed by atoms with Crippen molar-refractivity contribution in [3.05, 3.63) is 190 Å². The summed E-state index contributed by atoms with van der Waals surface area (Å²) in [7, 11) is 0. The molecule has 1 heterocycles. The summed E-state index contributed by atoms with van der Waals surface area (Å²) >= 11 is 0. The molecule has 1 aliphatic carbocycles. The molecule has 0 amide bonds. The summed E-state index contributed by atoms with van der Waals surface area (Å²) < 4.78 is 0. The molecule has 0 bridgehead atoms. The van der Waals surface area contributed by atoms with Crippen molar-refractivity contribution in [3.8, 4) is 0 Å². The van der Waals surface area contributed by atoms with Gasteiger partial charge in [-0.15, -0.1) is 0 Å². The molecular weight excluding hydrogens is 611 g/mol. The lowest BCUT2D eigenvalue weighted by Crippen LogP contribution is -2.34. The van der Waals surface area contributed by atoms with Crippen LogP contribution in [0.5, 0.6) is 0 Å². The van der Waals surface area contributed by atoms with Crippen molar-refractivity contribution >= 4 is 34.7 Å². The number of anilines is 2. The maximum absolute atomic E-state index is 2.64. The lowest BCUT2D eigenvalue weighted by Gasteiger charge is -2.40. The lowest BCUT2D eigenvalue weighted by atomic mass is 10.0. The number of aryl methyl sites for hydroxylation is 6. The molecule has 1 aliphatic heterocycles. The lowest BCUT2D eigenvalue weighted by molar-refractivity contribution is 1.01. The summed E-state index contributed by atoms with van der Waals surface area (Å²) in [6.07, 6.45) is 9.45. The smallest absolute Gasteiger partial charge is 0.117 e. The molecule has 1 unspecified atom stereocenters. The van der Waals surface area contributed by atoms with Crippen molar-refractivity contribution in [1.82, 2.24) is 0 Å². The SMILES string of the molecule is Cc1cc(C)c(N2CCN(c3c(C)cc(C)cc3C)C2=C2C=CC=CC2P(=Cc2ccccc2)(c2ccccc2)c2ccccc2)c(C)c1. The zero-order chi connectivity index (χ0) is 34.1. The Kier molecular flexibility index (Phi) is 9.10. The van der Waals surface area contributed by atoms with Crippen molar-refractivity contribution in [2.24, 2.45) is 0 Å². The first kappa shape index (κ1) is 32.8. The molecule has 2 aliphatic rings. The molecule has 246 valence electrons. The summed E-state index contributed by atoms with van der Waals surface area (Å²) in [5.41, 5.74) is 13.3. The van der Waals surface area contributed by atoms with Crippen molar-refractivity contribution < 1.29 is 0 Å². The Morgan fingerprint density at radius 2 is 0.980 bits per heavy atom. The molecule has 5 aromatic rings. The van der Waals surface area contributed by atoms with Crippen LogP contribution in [0.1, 0.15) is 38.9 Å². The predicted molar refractivity (Wildman–Crippen MR) is 216 cm³/mol. The van der Waals surface area contributed by atoms with Crippen molar-refractivity contribution in [2.45, 2.75) is 47.2 Å². The van der Waals surface area contributed by atoms with Gasteiger partial charge in [-0.05, 0) is 92.7 Å². The third kappa shape index (κ3) is 6.04. The van der Waals surface area contributed by atoms with Crippen LogP contribution < -0.4 is 20.4 Å². The van der Waals surface area contributed by atoms with Gasteiger partial charge in [-0.2, -0.15) is 0 Å². The second-order valence-electron chi connectivity index (χ2n) is 13.8. The fourth-order valence-corrected chi connectivity index (χ4v) is 12.8. The number of hydrogen-bond acceptors (Lipinski definition) is 2. The highest BCUT2D eigenvalue weighted by Gasteiger charge is 2.40. The van der Waals surface area contributed by atoms with Gasteiger partial charge < -0.3 is 9.80 Å². The van der Waals surface area contributed by atoms with Gasteiger partial charge in [0, 0.05) is 35.7 Å². The molecule has 0 aromatic heterocycles. The van der Waals surface area contributed by atoms with Crippen LogP contribution in [0.2, 0.25) is 0 Å². The van der Waals surface area contributed by atoms with Gasteiger partial charge in [-0.25, -0.2) is 0 Å². The molecule has 0 radical (unpaired) electrons. The van der Waals surface area contributed by atoms with E-state index in [1.54, 1.807) is 0 Å². The monoisotopic (exact) mass is 658 g/mol. The average molecular weight is 659 g/mol. The topological polar surface area (TPSA) is 6.48 Å². The molecule has 0 N–H and O–H groups in total. The first-order chi connectivity index (χ1) is 23.8. The molecule has 3 heteroatoms. The number of hydrogen-bond donors (Lipinski definition) is 0. The van der Waals surface area contributed by atoms with Gasteiger partial charge in [-0.3, -0.25) is 0 Å². The summed E-state index contributed by atoms with van der Waals surface area (Å²) in [5, 5.41) is 2.77. The van der Waals surface area contributed by atoms with E-state index in [4.69, 9.17) is 0 Å². The fourth-order valence-electron chi connectivity index (χ4n) is 8.42. The highest BCUT2D eigenvalue weighted by atomic mass is 31.2. The minimum Gasteiger partial charge on any atom is -0.325 e. The van der Waals surface area contributed by atoms with Crippen LogP contribution >= 0.6 is 6.89 Å². The molecular formula is C46H47N2P. The number of benzene rings is 5. The highest BCUT2D eigenvalue weighted by Crippen LogP contribution is 2.56. The van der Waals surface area contributed by atoms with E-state index >= 15 is 0 Å². The van der Waals surface area contributed by atoms with Crippen LogP contribution in [0.15, 0.2) is 151 Å². The zero-order valence-electron chi connectivity index (χ0n) is 29.7. The van der Waals surface area contributed by atoms with Crippen LogP contribution in [-0.4, -0.2) is 24.5 Å². The molecule has 1 fully saturated rings. The van der Waals surface area contributed by atoms with Gasteiger partial charge in [0.05, 0.1) is 0 Å². The standard InChI is InChI=1S/C46H47N2P/c1-33-28-35(3)44(36(4)29-33)47-26-27-48(45-37(5)30-34(2)31-38(45)6)46(47)42-24-16-17-25-43(42)49(40-20-12-8-13-21-40,41-22-14-9-15-23-41)32-39-18-10-7-11-19-39/h7-25,28-32,43H,26-27H2,1-6H3. The van der Waals surface area contributed by atoms with Crippen molar-refractivity contribution in [1.29, 1.82) is 0 Å².